The molecule has 0 saturated carbocycles. The zero-order valence-electron chi connectivity index (χ0n) is 13.7. The summed E-state index contributed by atoms with van der Waals surface area (Å²) in [4.78, 5) is 28.0. The van der Waals surface area contributed by atoms with E-state index in [-0.39, 0.29) is 24.3 Å². The van der Waals surface area contributed by atoms with Gasteiger partial charge in [0.1, 0.15) is 0 Å². The van der Waals surface area contributed by atoms with Gasteiger partial charge >= 0.3 is 0 Å². The molecule has 1 amide bonds. The van der Waals surface area contributed by atoms with Gasteiger partial charge in [-0.25, -0.2) is 0 Å². The maximum absolute atomic E-state index is 12.6. The summed E-state index contributed by atoms with van der Waals surface area (Å²) in [7, 11) is 3.47. The molecule has 0 aliphatic rings. The van der Waals surface area contributed by atoms with Crippen LogP contribution in [0.1, 0.15) is 36.2 Å². The molecule has 0 fully saturated rings. The Morgan fingerprint density at radius 1 is 1.14 bits per heavy atom. The van der Waals surface area contributed by atoms with Crippen LogP contribution in [0.15, 0.2) is 24.3 Å². The Bertz CT molecular complexity index is 480. The molecule has 0 aromatic heterocycles. The lowest BCUT2D eigenvalue weighted by Crippen LogP contribution is -2.45. The minimum Gasteiger partial charge on any atom is -0.348 e. The molecule has 116 valence electrons. The first-order chi connectivity index (χ1) is 9.86. The van der Waals surface area contributed by atoms with Gasteiger partial charge in [0.05, 0.1) is 12.6 Å². The third kappa shape index (κ3) is 4.97. The zero-order valence-corrected chi connectivity index (χ0v) is 13.7. The van der Waals surface area contributed by atoms with Crippen LogP contribution in [-0.4, -0.2) is 54.7 Å². The molecule has 1 rings (SSSR count). The van der Waals surface area contributed by atoms with Crippen molar-refractivity contribution in [3.63, 3.8) is 0 Å². The monoisotopic (exact) mass is 290 g/mol. The second-order valence-corrected chi connectivity index (χ2v) is 5.66. The number of rotatable bonds is 7. The number of hydrogen-bond acceptors (Lipinski definition) is 3. The van der Waals surface area contributed by atoms with Gasteiger partial charge in [-0.1, -0.05) is 36.8 Å². The maximum Gasteiger partial charge on any atom is 0.236 e. The van der Waals surface area contributed by atoms with Crippen molar-refractivity contribution in [2.45, 2.75) is 33.2 Å². The Labute approximate surface area is 127 Å². The van der Waals surface area contributed by atoms with Crippen LogP contribution in [0.2, 0.25) is 0 Å². The predicted molar refractivity (Wildman–Crippen MR) is 85.5 cm³/mol. The van der Waals surface area contributed by atoms with E-state index in [9.17, 15) is 9.59 Å². The summed E-state index contributed by atoms with van der Waals surface area (Å²) < 4.78 is 0. The summed E-state index contributed by atoms with van der Waals surface area (Å²) in [5.74, 6) is 0.0852. The molecule has 0 bridgehead atoms. The topological polar surface area (TPSA) is 40.6 Å². The first kappa shape index (κ1) is 17.4. The fourth-order valence-electron chi connectivity index (χ4n) is 2.14. The Balaban J connectivity index is 2.84. The van der Waals surface area contributed by atoms with Gasteiger partial charge < -0.3 is 4.90 Å². The molecule has 21 heavy (non-hydrogen) atoms. The third-order valence-electron chi connectivity index (χ3n) is 3.61. The van der Waals surface area contributed by atoms with Crippen molar-refractivity contribution in [1.82, 2.24) is 9.80 Å². The number of aryl methyl sites for hydroxylation is 1. The van der Waals surface area contributed by atoms with Gasteiger partial charge in [0.25, 0.3) is 0 Å². The third-order valence-corrected chi connectivity index (χ3v) is 3.61. The number of nitrogens with zero attached hydrogens (tertiary/aromatic N) is 2. The van der Waals surface area contributed by atoms with Crippen LogP contribution >= 0.6 is 0 Å². The van der Waals surface area contributed by atoms with Crippen LogP contribution in [0.5, 0.6) is 0 Å². The van der Waals surface area contributed by atoms with Crippen LogP contribution in [0.25, 0.3) is 0 Å². The summed E-state index contributed by atoms with van der Waals surface area (Å²) in [6.45, 7) is 6.94. The predicted octanol–water partition coefficient (Wildman–Crippen LogP) is 2.37. The SMILES string of the molecule is CCCN(CC(=O)N(C)C)C(C)C(=O)c1ccc(C)cc1. The van der Waals surface area contributed by atoms with Gasteiger partial charge in [-0.15, -0.1) is 0 Å². The molecular weight excluding hydrogens is 264 g/mol. The van der Waals surface area contributed by atoms with E-state index in [2.05, 4.69) is 6.92 Å². The Hall–Kier alpha value is -1.68. The highest BCUT2D eigenvalue weighted by Crippen LogP contribution is 2.11. The number of likely N-dealkylation sites (N-methyl/N-ethyl adjacent to an activating group) is 1. The second-order valence-electron chi connectivity index (χ2n) is 5.66. The van der Waals surface area contributed by atoms with E-state index in [1.807, 2.05) is 43.0 Å². The van der Waals surface area contributed by atoms with Crippen LogP contribution in [0, 0.1) is 6.92 Å². The minimum absolute atomic E-state index is 0.0204. The average Bonchev–Trinajstić information content (AvgIpc) is 2.45. The van der Waals surface area contributed by atoms with Gasteiger partial charge in [0, 0.05) is 19.7 Å². The van der Waals surface area contributed by atoms with E-state index < -0.39 is 0 Å². The molecule has 0 aliphatic heterocycles. The molecule has 0 N–H and O–H groups in total. The van der Waals surface area contributed by atoms with Crippen molar-refractivity contribution in [3.8, 4) is 0 Å². The highest BCUT2D eigenvalue weighted by atomic mass is 16.2. The lowest BCUT2D eigenvalue weighted by atomic mass is 10.0. The van der Waals surface area contributed by atoms with E-state index >= 15 is 0 Å². The number of hydrogen-bond donors (Lipinski definition) is 0. The molecular formula is C17H26N2O2. The van der Waals surface area contributed by atoms with E-state index in [0.717, 1.165) is 18.5 Å². The Morgan fingerprint density at radius 3 is 2.19 bits per heavy atom. The first-order valence-corrected chi connectivity index (χ1v) is 7.41. The van der Waals surface area contributed by atoms with Crippen LogP contribution in [0.3, 0.4) is 0 Å². The molecule has 0 heterocycles. The smallest absolute Gasteiger partial charge is 0.236 e. The van der Waals surface area contributed by atoms with Crippen molar-refractivity contribution in [2.75, 3.05) is 27.2 Å². The summed E-state index contributed by atoms with van der Waals surface area (Å²) in [5, 5.41) is 0. The van der Waals surface area contributed by atoms with Crippen LogP contribution in [-0.2, 0) is 4.79 Å². The molecule has 4 heteroatoms. The molecule has 0 spiro atoms. The molecule has 1 unspecified atom stereocenters. The number of Topliss-reactive ketones (excluding diaryl/α,β-unsaturated/α-hetero) is 1. The van der Waals surface area contributed by atoms with Gasteiger partial charge in [-0.2, -0.15) is 0 Å². The van der Waals surface area contributed by atoms with Crippen molar-refractivity contribution in [3.05, 3.63) is 35.4 Å². The fraction of sp³-hybridized carbons (Fsp3) is 0.529. The summed E-state index contributed by atoms with van der Waals surface area (Å²) >= 11 is 0. The molecule has 4 nitrogen and oxygen atoms in total. The molecule has 0 radical (unpaired) electrons. The fourth-order valence-corrected chi connectivity index (χ4v) is 2.14. The summed E-state index contributed by atoms with van der Waals surface area (Å²) in [6, 6.07) is 7.29. The van der Waals surface area contributed by atoms with Gasteiger partial charge in [0.15, 0.2) is 5.78 Å². The van der Waals surface area contributed by atoms with Gasteiger partial charge in [-0.3, -0.25) is 14.5 Å². The maximum atomic E-state index is 12.6. The highest BCUT2D eigenvalue weighted by Gasteiger charge is 2.24. The Morgan fingerprint density at radius 2 is 1.71 bits per heavy atom. The zero-order chi connectivity index (χ0) is 16.0. The van der Waals surface area contributed by atoms with E-state index in [0.29, 0.717) is 5.56 Å². The van der Waals surface area contributed by atoms with Crippen LogP contribution < -0.4 is 0 Å². The van der Waals surface area contributed by atoms with Crippen molar-refractivity contribution < 1.29 is 9.59 Å². The van der Waals surface area contributed by atoms with Gasteiger partial charge in [-0.05, 0) is 26.8 Å². The van der Waals surface area contributed by atoms with Crippen molar-refractivity contribution in [2.24, 2.45) is 0 Å². The van der Waals surface area contributed by atoms with Gasteiger partial charge in [0.2, 0.25) is 5.91 Å². The number of carbonyl (C=O) groups is 2. The molecule has 0 aliphatic carbocycles. The number of benzene rings is 1. The molecule has 1 aromatic carbocycles. The quantitative estimate of drug-likeness (QED) is 0.724. The average molecular weight is 290 g/mol. The summed E-state index contributed by atoms with van der Waals surface area (Å²) in [6.07, 6.45) is 0.909. The van der Waals surface area contributed by atoms with Crippen molar-refractivity contribution in [1.29, 1.82) is 0 Å². The van der Waals surface area contributed by atoms with E-state index in [1.54, 1.807) is 19.0 Å². The first-order valence-electron chi connectivity index (χ1n) is 7.41. The number of amides is 1. The molecule has 1 atom stereocenters. The normalized spacial score (nSPS) is 12.3. The molecule has 0 saturated heterocycles. The second kappa shape index (κ2) is 7.93. The van der Waals surface area contributed by atoms with E-state index in [4.69, 9.17) is 0 Å². The van der Waals surface area contributed by atoms with Crippen LogP contribution in [0.4, 0.5) is 0 Å². The number of ketones is 1. The largest absolute Gasteiger partial charge is 0.348 e. The lowest BCUT2D eigenvalue weighted by molar-refractivity contribution is -0.130. The Kier molecular flexibility index (Phi) is 6.56. The number of carbonyl (C=O) groups excluding carboxylic acids is 2. The molecule has 1 aromatic rings. The van der Waals surface area contributed by atoms with Crippen molar-refractivity contribution >= 4 is 11.7 Å². The highest BCUT2D eigenvalue weighted by molar-refractivity contribution is 6.00. The summed E-state index contributed by atoms with van der Waals surface area (Å²) in [5.41, 5.74) is 1.83. The lowest BCUT2D eigenvalue weighted by Gasteiger charge is -2.28. The minimum atomic E-state index is -0.295. The van der Waals surface area contributed by atoms with E-state index in [1.165, 1.54) is 0 Å². The standard InChI is InChI=1S/C17H26N2O2/c1-6-11-19(12-16(20)18(4)5)14(3)17(21)15-9-7-13(2)8-10-15/h7-10,14H,6,11-12H2,1-5H3.